The second-order valence-electron chi connectivity index (χ2n) is 5.76. The van der Waals surface area contributed by atoms with E-state index in [9.17, 15) is 4.79 Å². The first kappa shape index (κ1) is 12.7. The van der Waals surface area contributed by atoms with Crippen LogP contribution in [0.25, 0.3) is 10.9 Å². The fourth-order valence-corrected chi connectivity index (χ4v) is 2.20. The summed E-state index contributed by atoms with van der Waals surface area (Å²) in [6.07, 6.45) is 2.46. The average molecular weight is 244 g/mol. The van der Waals surface area contributed by atoms with Crippen molar-refractivity contribution in [3.8, 4) is 0 Å². The van der Waals surface area contributed by atoms with Crippen LogP contribution in [0.15, 0.2) is 30.5 Å². The highest BCUT2D eigenvalue weighted by atomic mass is 16.1. The lowest BCUT2D eigenvalue weighted by molar-refractivity contribution is -0.121. The third kappa shape index (κ3) is 2.73. The highest BCUT2D eigenvalue weighted by molar-refractivity contribution is 5.89. The van der Waals surface area contributed by atoms with Gasteiger partial charge in [0.15, 0.2) is 0 Å². The van der Waals surface area contributed by atoms with Gasteiger partial charge in [0.25, 0.3) is 0 Å². The van der Waals surface area contributed by atoms with Crippen LogP contribution in [0.2, 0.25) is 0 Å². The largest absolute Gasteiger partial charge is 0.351 e. The van der Waals surface area contributed by atoms with Gasteiger partial charge in [-0.2, -0.15) is 0 Å². The number of rotatable bonds is 2. The third-order valence-electron chi connectivity index (χ3n) is 2.84. The maximum Gasteiger partial charge on any atom is 0.224 e. The monoisotopic (exact) mass is 244 g/mol. The molecule has 0 spiro atoms. The molecule has 2 rings (SSSR count). The van der Waals surface area contributed by atoms with Gasteiger partial charge in [0.1, 0.15) is 0 Å². The molecule has 18 heavy (non-hydrogen) atoms. The predicted octanol–water partition coefficient (Wildman–Crippen LogP) is 2.64. The predicted molar refractivity (Wildman–Crippen MR) is 74.5 cm³/mol. The van der Waals surface area contributed by atoms with E-state index in [2.05, 4.69) is 22.0 Å². The van der Waals surface area contributed by atoms with E-state index in [1.165, 1.54) is 0 Å². The Bertz CT molecular complexity index is 576. The van der Waals surface area contributed by atoms with E-state index < -0.39 is 0 Å². The molecule has 0 fully saturated rings. The number of aromatic nitrogens is 1. The van der Waals surface area contributed by atoms with Crippen LogP contribution >= 0.6 is 0 Å². The summed E-state index contributed by atoms with van der Waals surface area (Å²) in [7, 11) is 2.01. The molecule has 3 heteroatoms. The molecule has 3 nitrogen and oxygen atoms in total. The summed E-state index contributed by atoms with van der Waals surface area (Å²) in [4.78, 5) is 12.0. The van der Waals surface area contributed by atoms with Gasteiger partial charge >= 0.3 is 0 Å². The molecule has 1 N–H and O–H groups in total. The zero-order chi connectivity index (χ0) is 13.3. The number of nitrogens with one attached hydrogen (secondary N) is 1. The van der Waals surface area contributed by atoms with Gasteiger partial charge in [-0.05, 0) is 32.4 Å². The van der Waals surface area contributed by atoms with Crippen molar-refractivity contribution in [2.24, 2.45) is 7.05 Å². The van der Waals surface area contributed by atoms with E-state index in [4.69, 9.17) is 0 Å². The van der Waals surface area contributed by atoms with Crippen LogP contribution in [-0.2, 0) is 18.3 Å². The number of benzene rings is 1. The van der Waals surface area contributed by atoms with Gasteiger partial charge in [0.05, 0.1) is 6.42 Å². The van der Waals surface area contributed by atoms with Gasteiger partial charge in [0.2, 0.25) is 5.91 Å². The molecule has 0 aliphatic heterocycles. The summed E-state index contributed by atoms with van der Waals surface area (Å²) in [5.74, 6) is 0.0684. The Kier molecular flexibility index (Phi) is 3.16. The molecule has 1 aromatic heterocycles. The van der Waals surface area contributed by atoms with E-state index in [0.717, 1.165) is 16.5 Å². The van der Waals surface area contributed by atoms with Crippen molar-refractivity contribution in [3.05, 3.63) is 36.0 Å². The summed E-state index contributed by atoms with van der Waals surface area (Å²) >= 11 is 0. The number of para-hydroxylation sites is 1. The SMILES string of the molecule is Cn1cc(CC(=O)NC(C)(C)C)c2ccccc21. The minimum atomic E-state index is -0.179. The van der Waals surface area contributed by atoms with Crippen LogP contribution in [0.4, 0.5) is 0 Å². The molecule has 1 aromatic carbocycles. The fraction of sp³-hybridized carbons (Fsp3) is 0.400. The molecule has 0 saturated heterocycles. The summed E-state index contributed by atoms with van der Waals surface area (Å²) < 4.78 is 2.06. The quantitative estimate of drug-likeness (QED) is 0.865. The van der Waals surface area contributed by atoms with Crippen LogP contribution < -0.4 is 5.32 Å². The lowest BCUT2D eigenvalue weighted by Gasteiger charge is -2.20. The lowest BCUT2D eigenvalue weighted by atomic mass is 10.1. The molecule has 1 heterocycles. The zero-order valence-corrected chi connectivity index (χ0v) is 11.4. The molecular weight excluding hydrogens is 224 g/mol. The molecule has 0 unspecified atom stereocenters. The topological polar surface area (TPSA) is 34.0 Å². The number of amides is 1. The van der Waals surface area contributed by atoms with E-state index in [1.807, 2.05) is 46.1 Å². The number of hydrogen-bond donors (Lipinski definition) is 1. The number of carbonyl (C=O) groups excluding carboxylic acids is 1. The molecule has 0 radical (unpaired) electrons. The zero-order valence-electron chi connectivity index (χ0n) is 11.4. The number of carbonyl (C=O) groups is 1. The molecule has 2 aromatic rings. The van der Waals surface area contributed by atoms with Crippen molar-refractivity contribution in [3.63, 3.8) is 0 Å². The Morgan fingerprint density at radius 1 is 1.28 bits per heavy atom. The van der Waals surface area contributed by atoms with Crippen molar-refractivity contribution in [1.82, 2.24) is 9.88 Å². The van der Waals surface area contributed by atoms with Gasteiger partial charge in [-0.3, -0.25) is 4.79 Å². The normalized spacial score (nSPS) is 11.8. The average Bonchev–Trinajstić information content (AvgIpc) is 2.54. The number of fused-ring (bicyclic) bond motifs is 1. The summed E-state index contributed by atoms with van der Waals surface area (Å²) in [6.45, 7) is 5.98. The van der Waals surface area contributed by atoms with E-state index >= 15 is 0 Å². The van der Waals surface area contributed by atoms with Crippen molar-refractivity contribution in [2.45, 2.75) is 32.7 Å². The molecule has 0 aliphatic rings. The maximum absolute atomic E-state index is 12.0. The summed E-state index contributed by atoms with van der Waals surface area (Å²) in [5, 5.41) is 4.15. The smallest absolute Gasteiger partial charge is 0.224 e. The second-order valence-corrected chi connectivity index (χ2v) is 5.76. The first-order valence-corrected chi connectivity index (χ1v) is 6.21. The van der Waals surface area contributed by atoms with Crippen LogP contribution in [0.1, 0.15) is 26.3 Å². The minimum Gasteiger partial charge on any atom is -0.351 e. The third-order valence-corrected chi connectivity index (χ3v) is 2.84. The van der Waals surface area contributed by atoms with Crippen molar-refractivity contribution >= 4 is 16.8 Å². The Balaban J connectivity index is 2.25. The van der Waals surface area contributed by atoms with Gasteiger partial charge in [-0.1, -0.05) is 18.2 Å². The Labute approximate surface area is 108 Å². The second kappa shape index (κ2) is 4.48. The van der Waals surface area contributed by atoms with Crippen LogP contribution in [0.5, 0.6) is 0 Å². The van der Waals surface area contributed by atoms with Gasteiger partial charge in [-0.15, -0.1) is 0 Å². The maximum atomic E-state index is 12.0. The summed E-state index contributed by atoms with van der Waals surface area (Å²) in [6, 6.07) is 8.16. The Morgan fingerprint density at radius 3 is 2.61 bits per heavy atom. The van der Waals surface area contributed by atoms with Gasteiger partial charge in [-0.25, -0.2) is 0 Å². The molecular formula is C15H20N2O. The van der Waals surface area contributed by atoms with Crippen molar-refractivity contribution in [1.29, 1.82) is 0 Å². The van der Waals surface area contributed by atoms with Gasteiger partial charge in [0, 0.05) is 29.7 Å². The number of aryl methyl sites for hydroxylation is 1. The minimum absolute atomic E-state index is 0.0684. The first-order valence-electron chi connectivity index (χ1n) is 6.21. The highest BCUT2D eigenvalue weighted by Crippen LogP contribution is 2.20. The molecule has 0 atom stereocenters. The Hall–Kier alpha value is -1.77. The van der Waals surface area contributed by atoms with Crippen LogP contribution in [0.3, 0.4) is 0 Å². The van der Waals surface area contributed by atoms with Crippen LogP contribution in [-0.4, -0.2) is 16.0 Å². The van der Waals surface area contributed by atoms with Gasteiger partial charge < -0.3 is 9.88 Å². The fourth-order valence-electron chi connectivity index (χ4n) is 2.20. The molecule has 0 aliphatic carbocycles. The van der Waals surface area contributed by atoms with E-state index in [-0.39, 0.29) is 11.4 Å². The molecule has 0 bridgehead atoms. The highest BCUT2D eigenvalue weighted by Gasteiger charge is 2.15. The molecule has 96 valence electrons. The summed E-state index contributed by atoms with van der Waals surface area (Å²) in [5.41, 5.74) is 2.06. The van der Waals surface area contributed by atoms with Crippen molar-refractivity contribution < 1.29 is 4.79 Å². The first-order chi connectivity index (χ1) is 8.37. The van der Waals surface area contributed by atoms with E-state index in [1.54, 1.807) is 0 Å². The standard InChI is InChI=1S/C15H20N2O/c1-15(2,3)16-14(18)9-11-10-17(4)13-8-6-5-7-12(11)13/h5-8,10H,9H2,1-4H3,(H,16,18). The molecule has 1 amide bonds. The van der Waals surface area contributed by atoms with E-state index in [0.29, 0.717) is 6.42 Å². The Morgan fingerprint density at radius 2 is 1.94 bits per heavy atom. The number of nitrogens with zero attached hydrogens (tertiary/aromatic N) is 1. The molecule has 0 saturated carbocycles. The lowest BCUT2D eigenvalue weighted by Crippen LogP contribution is -2.41. The number of hydrogen-bond acceptors (Lipinski definition) is 1. The van der Waals surface area contributed by atoms with Crippen LogP contribution in [0, 0.1) is 0 Å². The van der Waals surface area contributed by atoms with Crippen molar-refractivity contribution in [2.75, 3.05) is 0 Å².